The van der Waals surface area contributed by atoms with Crippen molar-refractivity contribution in [1.29, 1.82) is 0 Å². The average molecular weight is 423 g/mol. The summed E-state index contributed by atoms with van der Waals surface area (Å²) in [6.45, 7) is 4.26. The van der Waals surface area contributed by atoms with Gasteiger partial charge in [0.1, 0.15) is 17.2 Å². The van der Waals surface area contributed by atoms with Gasteiger partial charge in [0, 0.05) is 39.7 Å². The van der Waals surface area contributed by atoms with E-state index in [1.165, 1.54) is 16.5 Å². The number of aromatic nitrogens is 1. The van der Waals surface area contributed by atoms with Crippen molar-refractivity contribution in [1.82, 2.24) is 4.98 Å². The number of thioether (sulfide) groups is 1. The van der Waals surface area contributed by atoms with Gasteiger partial charge in [0.25, 0.3) is 5.91 Å². The molecule has 1 N–H and O–H groups in total. The van der Waals surface area contributed by atoms with Gasteiger partial charge in [-0.25, -0.2) is 8.78 Å². The fourth-order valence-corrected chi connectivity index (χ4v) is 4.90. The van der Waals surface area contributed by atoms with Crippen molar-refractivity contribution in [2.45, 2.75) is 25.0 Å². The molecule has 1 amide bonds. The summed E-state index contributed by atoms with van der Waals surface area (Å²) in [5, 5.41) is 2.92. The number of carbonyl (C=O) groups is 1. The molecule has 2 heterocycles. The van der Waals surface area contributed by atoms with Crippen LogP contribution in [0.25, 0.3) is 4.91 Å². The number of carbonyl (C=O) groups excluding carboxylic acids is 1. The first-order chi connectivity index (χ1) is 14.4. The minimum absolute atomic E-state index is 0.221. The maximum absolute atomic E-state index is 13.8. The zero-order valence-electron chi connectivity index (χ0n) is 16.5. The van der Waals surface area contributed by atoms with Crippen LogP contribution in [0, 0.1) is 18.6 Å². The monoisotopic (exact) mass is 422 g/mol. The molecule has 1 aliphatic rings. The smallest absolute Gasteiger partial charge is 0.261 e. The van der Waals surface area contributed by atoms with Crippen molar-refractivity contribution in [3.63, 3.8) is 0 Å². The predicted octanol–water partition coefficient (Wildman–Crippen LogP) is 6.18. The van der Waals surface area contributed by atoms with Crippen LogP contribution in [0.3, 0.4) is 0 Å². The quantitative estimate of drug-likeness (QED) is 0.546. The van der Waals surface area contributed by atoms with Crippen LogP contribution >= 0.6 is 11.8 Å². The van der Waals surface area contributed by atoms with E-state index in [0.717, 1.165) is 23.3 Å². The van der Waals surface area contributed by atoms with E-state index >= 15 is 0 Å². The summed E-state index contributed by atoms with van der Waals surface area (Å²) in [5.74, 6) is -2.36. The van der Waals surface area contributed by atoms with Crippen LogP contribution < -0.4 is 5.32 Å². The van der Waals surface area contributed by atoms with E-state index in [0.29, 0.717) is 10.9 Å². The second kappa shape index (κ2) is 8.40. The molecule has 4 rings (SSSR count). The highest BCUT2D eigenvalue weighted by atomic mass is 32.2. The summed E-state index contributed by atoms with van der Waals surface area (Å²) in [7, 11) is 0. The molecule has 0 spiro atoms. The molecule has 3 nitrogen and oxygen atoms in total. The third-order valence-corrected chi connectivity index (χ3v) is 6.47. The van der Waals surface area contributed by atoms with E-state index in [1.807, 2.05) is 36.2 Å². The number of anilines is 1. The van der Waals surface area contributed by atoms with Gasteiger partial charge < -0.3 is 5.32 Å². The Morgan fingerprint density at radius 1 is 1.07 bits per heavy atom. The fraction of sp³-hybridized carbons (Fsp3) is 0.167. The van der Waals surface area contributed by atoms with Crippen molar-refractivity contribution < 1.29 is 13.6 Å². The number of amides is 1. The SMILES string of the molecule is Cc1ccncc1C1=CC(c2ccc(NC(=O)c3c(F)cccc3F)cc2)C(C)S1. The summed E-state index contributed by atoms with van der Waals surface area (Å²) in [4.78, 5) is 17.7. The number of nitrogens with zero attached hydrogens (tertiary/aromatic N) is 1. The van der Waals surface area contributed by atoms with Crippen molar-refractivity contribution >= 4 is 28.3 Å². The van der Waals surface area contributed by atoms with Gasteiger partial charge in [-0.1, -0.05) is 31.2 Å². The highest BCUT2D eigenvalue weighted by molar-refractivity contribution is 8.09. The maximum Gasteiger partial charge on any atom is 0.261 e. The first kappa shape index (κ1) is 20.3. The van der Waals surface area contributed by atoms with Crippen LogP contribution in [0.2, 0.25) is 0 Å². The number of halogens is 2. The molecule has 1 aliphatic heterocycles. The van der Waals surface area contributed by atoms with E-state index in [4.69, 9.17) is 0 Å². The largest absolute Gasteiger partial charge is 0.322 e. The molecule has 30 heavy (non-hydrogen) atoms. The Morgan fingerprint density at radius 2 is 1.77 bits per heavy atom. The number of allylic oxidation sites excluding steroid dienone is 1. The molecule has 152 valence electrons. The first-order valence-electron chi connectivity index (χ1n) is 9.59. The molecule has 2 atom stereocenters. The lowest BCUT2D eigenvalue weighted by Gasteiger charge is -2.15. The molecule has 2 aromatic carbocycles. The van der Waals surface area contributed by atoms with Crippen LogP contribution in [-0.2, 0) is 0 Å². The Hall–Kier alpha value is -2.99. The molecule has 0 fully saturated rings. The Bertz CT molecular complexity index is 1110. The average Bonchev–Trinajstić information content (AvgIpc) is 3.10. The molecule has 1 aromatic heterocycles. The van der Waals surface area contributed by atoms with Gasteiger partial charge in [-0.3, -0.25) is 9.78 Å². The molecular formula is C24H20F2N2OS. The van der Waals surface area contributed by atoms with Gasteiger partial charge in [0.15, 0.2) is 0 Å². The van der Waals surface area contributed by atoms with Gasteiger partial charge in [-0.15, -0.1) is 11.8 Å². The summed E-state index contributed by atoms with van der Waals surface area (Å²) < 4.78 is 27.6. The third-order valence-electron chi connectivity index (χ3n) is 5.20. The molecule has 0 saturated carbocycles. The summed E-state index contributed by atoms with van der Waals surface area (Å²) in [6, 6.07) is 12.7. The van der Waals surface area contributed by atoms with Crippen LogP contribution in [0.4, 0.5) is 14.5 Å². The standard InChI is InChI=1S/C24H20F2N2OS/c1-14-10-11-27-13-19(14)22-12-18(15(2)30-22)16-6-8-17(9-7-16)28-24(29)23-20(25)4-3-5-21(23)26/h3-13,15,18H,1-2H3,(H,28,29). The lowest BCUT2D eigenvalue weighted by molar-refractivity contribution is 0.101. The predicted molar refractivity (Wildman–Crippen MR) is 117 cm³/mol. The van der Waals surface area contributed by atoms with E-state index in [9.17, 15) is 13.6 Å². The lowest BCUT2D eigenvalue weighted by atomic mass is 9.94. The molecule has 3 aromatic rings. The number of hydrogen-bond acceptors (Lipinski definition) is 3. The third kappa shape index (κ3) is 4.00. The molecule has 0 bridgehead atoms. The van der Waals surface area contributed by atoms with Crippen molar-refractivity contribution in [3.8, 4) is 0 Å². The molecule has 0 saturated heterocycles. The molecule has 0 aliphatic carbocycles. The van der Waals surface area contributed by atoms with Gasteiger partial charge >= 0.3 is 0 Å². The highest BCUT2D eigenvalue weighted by Gasteiger charge is 2.27. The number of benzene rings is 2. The Morgan fingerprint density at radius 3 is 2.43 bits per heavy atom. The second-order valence-corrected chi connectivity index (χ2v) is 8.66. The number of hydrogen-bond donors (Lipinski definition) is 1. The summed E-state index contributed by atoms with van der Waals surface area (Å²) in [5.41, 5.74) is 3.35. The Balaban J connectivity index is 1.52. The lowest BCUT2D eigenvalue weighted by Crippen LogP contribution is -2.16. The minimum atomic E-state index is -0.885. The Labute approximate surface area is 178 Å². The van der Waals surface area contributed by atoms with E-state index in [2.05, 4.69) is 30.2 Å². The number of rotatable bonds is 4. The van der Waals surface area contributed by atoms with Crippen molar-refractivity contribution in [2.75, 3.05) is 5.32 Å². The zero-order valence-corrected chi connectivity index (χ0v) is 17.3. The van der Waals surface area contributed by atoms with Gasteiger partial charge in [0.2, 0.25) is 0 Å². The summed E-state index contributed by atoms with van der Waals surface area (Å²) in [6.07, 6.45) is 5.94. The topological polar surface area (TPSA) is 42.0 Å². The minimum Gasteiger partial charge on any atom is -0.322 e. The fourth-order valence-electron chi connectivity index (χ4n) is 3.55. The van der Waals surface area contributed by atoms with E-state index in [-0.39, 0.29) is 5.92 Å². The normalized spacial score (nSPS) is 18.2. The molecule has 2 unspecified atom stereocenters. The first-order valence-corrected chi connectivity index (χ1v) is 10.5. The van der Waals surface area contributed by atoms with Gasteiger partial charge in [-0.05, 0) is 48.4 Å². The number of nitrogens with one attached hydrogen (secondary N) is 1. The molecule has 6 heteroatoms. The van der Waals surface area contributed by atoms with Crippen molar-refractivity contribution in [2.24, 2.45) is 0 Å². The molecule has 0 radical (unpaired) electrons. The zero-order chi connectivity index (χ0) is 21.3. The number of aryl methyl sites for hydroxylation is 1. The van der Waals surface area contributed by atoms with Crippen molar-refractivity contribution in [3.05, 3.63) is 101 Å². The summed E-state index contributed by atoms with van der Waals surface area (Å²) >= 11 is 1.82. The van der Waals surface area contributed by atoms with Crippen LogP contribution in [0.5, 0.6) is 0 Å². The maximum atomic E-state index is 13.8. The van der Waals surface area contributed by atoms with Gasteiger partial charge in [0.05, 0.1) is 0 Å². The van der Waals surface area contributed by atoms with Crippen LogP contribution in [-0.4, -0.2) is 16.1 Å². The highest BCUT2D eigenvalue weighted by Crippen LogP contribution is 2.47. The molecular weight excluding hydrogens is 402 g/mol. The van der Waals surface area contributed by atoms with Gasteiger partial charge in [-0.2, -0.15) is 0 Å². The number of pyridine rings is 1. The second-order valence-electron chi connectivity index (χ2n) is 7.24. The van der Waals surface area contributed by atoms with E-state index in [1.54, 1.807) is 18.3 Å². The van der Waals surface area contributed by atoms with Crippen LogP contribution in [0.1, 0.15) is 39.9 Å². The van der Waals surface area contributed by atoms with Crippen LogP contribution in [0.15, 0.2) is 67.0 Å². The van der Waals surface area contributed by atoms with E-state index < -0.39 is 23.1 Å². The Kier molecular flexibility index (Phi) is 5.68.